The highest BCUT2D eigenvalue weighted by atomic mass is 16.3. The molecule has 0 bridgehead atoms. The molecule has 0 atom stereocenters. The molecule has 82 heavy (non-hydrogen) atoms. The number of para-hydroxylation sites is 6. The van der Waals surface area contributed by atoms with Crippen LogP contribution < -0.4 is 19.6 Å². The van der Waals surface area contributed by atoms with Crippen molar-refractivity contribution in [2.75, 3.05) is 19.6 Å². The Kier molecular flexibility index (Phi) is 12.2. The van der Waals surface area contributed by atoms with Gasteiger partial charge in [0, 0.05) is 79.2 Å². The topological polar surface area (TPSA) is 86.8 Å². The minimum atomic E-state index is 0.502. The van der Waals surface area contributed by atoms with Crippen LogP contribution in [0.25, 0.3) is 54.6 Å². The van der Waals surface area contributed by atoms with Crippen LogP contribution in [0.5, 0.6) is 0 Å². The van der Waals surface area contributed by atoms with Gasteiger partial charge in [0.2, 0.25) is 0 Å². The third-order valence-corrected chi connectivity index (χ3v) is 15.4. The molecule has 0 aliphatic rings. The fraction of sp³-hybridized carbons (Fsp3) is 0.0270. The minimum absolute atomic E-state index is 0.502. The quantitative estimate of drug-likeness (QED) is 0.120. The number of hydrogen-bond donors (Lipinski definition) is 0. The zero-order chi connectivity index (χ0) is 55.3. The normalized spacial score (nSPS) is 11.3. The maximum atomic E-state index is 10.9. The van der Waals surface area contributed by atoms with Crippen LogP contribution in [0, 0.1) is 36.5 Å². The molecule has 2 aromatic heterocycles. The minimum Gasteiger partial charge on any atom is -0.454 e. The molecule has 0 spiro atoms. The van der Waals surface area contributed by atoms with Crippen molar-refractivity contribution < 1.29 is 8.83 Å². The molecular weight excluding hydrogens is 1000 g/mol. The number of benzene rings is 12. The van der Waals surface area contributed by atoms with Gasteiger partial charge >= 0.3 is 0 Å². The first-order valence-electron chi connectivity index (χ1n) is 27.3. The summed E-state index contributed by atoms with van der Waals surface area (Å²) in [7, 11) is 0. The van der Waals surface area contributed by atoms with Crippen LogP contribution in [-0.4, -0.2) is 0 Å². The average molecular weight is 1060 g/mol. The van der Waals surface area contributed by atoms with Gasteiger partial charge in [-0.2, -0.15) is 10.5 Å². The third kappa shape index (κ3) is 8.47. The van der Waals surface area contributed by atoms with Gasteiger partial charge in [-0.15, -0.1) is 0 Å². The molecule has 8 nitrogen and oxygen atoms in total. The molecule has 388 valence electrons. The first-order valence-corrected chi connectivity index (χ1v) is 27.3. The van der Waals surface area contributed by atoms with Gasteiger partial charge in [0.15, 0.2) is 11.2 Å². The number of nitriles is 2. The van der Waals surface area contributed by atoms with E-state index in [9.17, 15) is 10.5 Å². The van der Waals surface area contributed by atoms with E-state index in [1.165, 1.54) is 11.1 Å². The number of aryl methyl sites for hydroxylation is 2. The lowest BCUT2D eigenvalue weighted by Crippen LogP contribution is -2.13. The Balaban J connectivity index is 1.14. The summed E-state index contributed by atoms with van der Waals surface area (Å²) in [5, 5.41) is 27.1. The summed E-state index contributed by atoms with van der Waals surface area (Å²) in [6, 6.07) is 96.0. The molecule has 0 aliphatic heterocycles. The standard InChI is InChI=1S/C74H50N6O2/c1-49-31-35-57(36-32-49)77(53-21-7-3-8-22-53)59-39-41-61-69(43-59)81-73-67(79(55-25-11-5-12-26-55)65-29-17-15-19-51(65)47-75)46-64-63(71(61)73)45-68(80(56-27-13-6-14-28-56)66-30-18-16-20-52(66)48-76)74-72(64)62-42-40-60(44-70(62)82-74)78(54-23-9-4-10-24-54)58-37-33-50(2)34-38-58/h3-46H,1-2H3. The van der Waals surface area contributed by atoms with E-state index < -0.39 is 0 Å². The van der Waals surface area contributed by atoms with Gasteiger partial charge in [-0.25, -0.2) is 0 Å². The van der Waals surface area contributed by atoms with Gasteiger partial charge in [0.1, 0.15) is 23.3 Å². The Labute approximate surface area is 474 Å². The Hall–Kier alpha value is -11.3. The maximum absolute atomic E-state index is 10.9. The molecule has 14 aromatic rings. The third-order valence-electron chi connectivity index (χ3n) is 15.4. The number of fused-ring (bicyclic) bond motifs is 9. The van der Waals surface area contributed by atoms with Crippen LogP contribution in [0.3, 0.4) is 0 Å². The van der Waals surface area contributed by atoms with Crippen molar-refractivity contribution in [3.63, 3.8) is 0 Å². The fourth-order valence-corrected chi connectivity index (χ4v) is 11.6. The predicted octanol–water partition coefficient (Wildman–Crippen LogP) is 20.9. The van der Waals surface area contributed by atoms with Crippen LogP contribution in [0.2, 0.25) is 0 Å². The summed E-state index contributed by atoms with van der Waals surface area (Å²) in [5.74, 6) is 0. The smallest absolute Gasteiger partial charge is 0.160 e. The SMILES string of the molecule is Cc1ccc(N(c2ccccc2)c2ccc3c(c2)oc2c(N(c4ccccc4)c4ccccc4C#N)cc4c(cc(N(c5ccccc5)c5ccccc5C#N)c5oc6cc(N(c7ccccc7)c7ccc(C)cc7)ccc6c54)c23)cc1. The molecule has 0 N–H and O–H groups in total. The van der Waals surface area contributed by atoms with E-state index in [0.29, 0.717) is 44.8 Å². The van der Waals surface area contributed by atoms with Crippen molar-refractivity contribution in [2.24, 2.45) is 0 Å². The lowest BCUT2D eigenvalue weighted by Gasteiger charge is -2.28. The van der Waals surface area contributed by atoms with Gasteiger partial charge in [-0.05, 0) is 158 Å². The van der Waals surface area contributed by atoms with Crippen LogP contribution >= 0.6 is 0 Å². The summed E-state index contributed by atoms with van der Waals surface area (Å²) < 4.78 is 14.9. The van der Waals surface area contributed by atoms with Gasteiger partial charge < -0.3 is 28.4 Å². The van der Waals surface area contributed by atoms with E-state index in [1.54, 1.807) is 0 Å². The molecule has 0 saturated carbocycles. The fourth-order valence-electron chi connectivity index (χ4n) is 11.6. The van der Waals surface area contributed by atoms with Crippen molar-refractivity contribution in [1.82, 2.24) is 0 Å². The maximum Gasteiger partial charge on any atom is 0.160 e. The van der Waals surface area contributed by atoms with Crippen LogP contribution in [0.4, 0.5) is 68.2 Å². The number of rotatable bonds is 12. The zero-order valence-electron chi connectivity index (χ0n) is 44.9. The molecule has 0 fully saturated rings. The molecule has 0 amide bonds. The van der Waals surface area contributed by atoms with E-state index in [4.69, 9.17) is 8.83 Å². The second kappa shape index (κ2) is 20.5. The van der Waals surface area contributed by atoms with Crippen LogP contribution in [0.1, 0.15) is 22.3 Å². The summed E-state index contributed by atoms with van der Waals surface area (Å²) in [6.07, 6.45) is 0. The molecule has 0 aliphatic carbocycles. The summed E-state index contributed by atoms with van der Waals surface area (Å²) in [5.41, 5.74) is 16.3. The molecule has 0 unspecified atom stereocenters. The van der Waals surface area contributed by atoms with Crippen LogP contribution in [0.15, 0.2) is 276 Å². The van der Waals surface area contributed by atoms with E-state index in [0.717, 1.165) is 89.2 Å². The second-order valence-electron chi connectivity index (χ2n) is 20.5. The molecular formula is C74H50N6O2. The highest BCUT2D eigenvalue weighted by Crippen LogP contribution is 2.53. The van der Waals surface area contributed by atoms with Crippen molar-refractivity contribution in [2.45, 2.75) is 13.8 Å². The number of hydrogen-bond acceptors (Lipinski definition) is 8. The second-order valence-corrected chi connectivity index (χ2v) is 20.5. The Morgan fingerprint density at radius 1 is 0.280 bits per heavy atom. The van der Waals surface area contributed by atoms with Gasteiger partial charge in [-0.3, -0.25) is 0 Å². The zero-order valence-corrected chi connectivity index (χ0v) is 44.9. The summed E-state index contributed by atoms with van der Waals surface area (Å²) >= 11 is 0. The van der Waals surface area contributed by atoms with Gasteiger partial charge in [0.25, 0.3) is 0 Å². The van der Waals surface area contributed by atoms with E-state index >= 15 is 0 Å². The van der Waals surface area contributed by atoms with Crippen molar-refractivity contribution in [3.05, 3.63) is 289 Å². The molecule has 0 radical (unpaired) electrons. The highest BCUT2D eigenvalue weighted by molar-refractivity contribution is 6.32. The van der Waals surface area contributed by atoms with E-state index in [-0.39, 0.29) is 0 Å². The van der Waals surface area contributed by atoms with Crippen molar-refractivity contribution >= 4 is 123 Å². The largest absolute Gasteiger partial charge is 0.454 e. The Morgan fingerprint density at radius 2 is 0.585 bits per heavy atom. The monoisotopic (exact) mass is 1050 g/mol. The molecule has 0 saturated heterocycles. The highest BCUT2D eigenvalue weighted by Gasteiger charge is 2.30. The lowest BCUT2D eigenvalue weighted by atomic mass is 9.95. The lowest BCUT2D eigenvalue weighted by molar-refractivity contribution is 0.668. The summed E-state index contributed by atoms with van der Waals surface area (Å²) in [4.78, 5) is 8.79. The molecule has 14 rings (SSSR count). The molecule has 2 heterocycles. The Morgan fingerprint density at radius 3 is 0.939 bits per heavy atom. The van der Waals surface area contributed by atoms with Crippen LogP contribution in [-0.2, 0) is 0 Å². The van der Waals surface area contributed by atoms with Gasteiger partial charge in [0.05, 0.1) is 33.9 Å². The van der Waals surface area contributed by atoms with Gasteiger partial charge in [-0.1, -0.05) is 132 Å². The first kappa shape index (κ1) is 49.0. The molecule has 8 heteroatoms. The number of furan rings is 2. The summed E-state index contributed by atoms with van der Waals surface area (Å²) in [6.45, 7) is 4.20. The Bertz CT molecular complexity index is 4490. The number of nitrogens with zero attached hydrogens (tertiary/aromatic N) is 6. The van der Waals surface area contributed by atoms with E-state index in [2.05, 4.69) is 215 Å². The van der Waals surface area contributed by atoms with Crippen molar-refractivity contribution in [3.8, 4) is 12.1 Å². The first-order chi connectivity index (χ1) is 40.4. The predicted molar refractivity (Wildman–Crippen MR) is 336 cm³/mol. The molecule has 12 aromatic carbocycles. The van der Waals surface area contributed by atoms with Crippen molar-refractivity contribution in [1.29, 1.82) is 10.5 Å². The number of anilines is 12. The average Bonchev–Trinajstić information content (AvgIpc) is 4.22. The van der Waals surface area contributed by atoms with E-state index in [1.807, 2.05) is 97.1 Å².